The third kappa shape index (κ3) is 31.7. The highest BCUT2D eigenvalue weighted by atomic mass is 33.1. The van der Waals surface area contributed by atoms with Crippen molar-refractivity contribution in [3.05, 3.63) is 35.9 Å². The van der Waals surface area contributed by atoms with Crippen LogP contribution in [0, 0.1) is 5.92 Å². The molecular weight excluding hydrogens is 1160 g/mol. The van der Waals surface area contributed by atoms with Crippen molar-refractivity contribution in [2.75, 3.05) is 97.0 Å². The predicted molar refractivity (Wildman–Crippen MR) is 311 cm³/mol. The van der Waals surface area contributed by atoms with E-state index < -0.39 is 139 Å². The molecule has 1 aromatic carbocycles. The van der Waals surface area contributed by atoms with Crippen LogP contribution in [0.5, 0.6) is 0 Å². The minimum atomic E-state index is -1.74. The van der Waals surface area contributed by atoms with Crippen molar-refractivity contribution in [1.29, 1.82) is 0 Å². The molecule has 9 amide bonds. The number of guanidine groups is 1. The summed E-state index contributed by atoms with van der Waals surface area (Å²) in [6.45, 7) is 0.933. The van der Waals surface area contributed by atoms with Crippen molar-refractivity contribution in [1.82, 2.24) is 47.9 Å². The molecule has 1 heterocycles. The van der Waals surface area contributed by atoms with E-state index >= 15 is 0 Å². The summed E-state index contributed by atoms with van der Waals surface area (Å²) in [6.07, 6.45) is -3.57. The van der Waals surface area contributed by atoms with Crippen LogP contribution in [0.2, 0.25) is 0 Å². The van der Waals surface area contributed by atoms with E-state index in [1.807, 2.05) is 0 Å². The molecule has 1 fully saturated rings. The van der Waals surface area contributed by atoms with Crippen LogP contribution in [0.15, 0.2) is 35.3 Å². The minimum absolute atomic E-state index is 0.0114. The number of nitrogens with two attached hydrogens (primary N) is 5. The van der Waals surface area contributed by atoms with E-state index in [1.54, 1.807) is 30.3 Å². The largest absolute Gasteiger partial charge is 0.391 e. The fourth-order valence-electron chi connectivity index (χ4n) is 7.66. The molecule has 0 aromatic heterocycles. The Hall–Kier alpha value is -6.89. The highest BCUT2D eigenvalue weighted by molar-refractivity contribution is 8.76. The maximum Gasteiger partial charge on any atom is 0.245 e. The van der Waals surface area contributed by atoms with Gasteiger partial charge in [-0.1, -0.05) is 51.9 Å². The third-order valence-electron chi connectivity index (χ3n) is 12.2. The number of nitrogens with zero attached hydrogens (tertiary/aromatic N) is 1. The molecule has 0 saturated carbocycles. The molecule has 34 heteroatoms. The molecule has 1 saturated heterocycles. The van der Waals surface area contributed by atoms with Gasteiger partial charge in [0.1, 0.15) is 47.8 Å². The number of rotatable bonds is 35. The Balaban J connectivity index is 2.23. The zero-order chi connectivity index (χ0) is 63.3. The second-order valence-electron chi connectivity index (χ2n) is 19.2. The van der Waals surface area contributed by atoms with Gasteiger partial charge in [0.05, 0.1) is 84.6 Å². The standard InChI is InChI=1S/C51H83N15O17S2/c1-29(67)44(39(71)24-57-12-14-82-16-18-83-17-15-81-13-10-33(69)20-32(21-40(54)72)38(70)22-52)66-49(79)37-28-85-84-27-36(61-42(74)25-59-41(73)23-53)48(78)62-34(9-6-11-58-51(55)56)47(77)63-35(19-31-7-4-3-5-8-31)46(76)60-26-43(75)65-45(30(2)68)50(80)64-37/h3-5,7-8,29-30,32,34-37,44-45,57,67-68H,6,9-28,52-53H2,1-2H3,(H2,54,72)(H,59,73)(H,60,76)(H,61,74)(H,62,78)(H,63,77)(H,64,80)(H,65,75)(H,66,79)(H4,55,56,58)/t29-,30-,32+,34+,35+,36+,37+,44+,45+/m1/s1. The molecule has 85 heavy (non-hydrogen) atoms. The number of aliphatic imine (C=N–C) groups is 1. The van der Waals surface area contributed by atoms with Gasteiger partial charge in [-0.3, -0.25) is 62.5 Å². The molecule has 1 aliphatic rings. The van der Waals surface area contributed by atoms with Gasteiger partial charge >= 0.3 is 0 Å². The number of carbonyl (C=O) groups excluding carboxylic acids is 12. The zero-order valence-electron chi connectivity index (χ0n) is 47.6. The van der Waals surface area contributed by atoms with Crippen LogP contribution in [0.4, 0.5) is 0 Å². The van der Waals surface area contributed by atoms with E-state index in [4.69, 9.17) is 42.9 Å². The van der Waals surface area contributed by atoms with Crippen LogP contribution in [-0.4, -0.2) is 232 Å². The maximum absolute atomic E-state index is 14.2. The summed E-state index contributed by atoms with van der Waals surface area (Å²) in [6, 6.07) is -0.594. The zero-order valence-corrected chi connectivity index (χ0v) is 49.2. The van der Waals surface area contributed by atoms with Gasteiger partial charge in [0, 0.05) is 56.2 Å². The number of carbonyl (C=O) groups is 12. The van der Waals surface area contributed by atoms with Gasteiger partial charge in [0.2, 0.25) is 53.2 Å². The van der Waals surface area contributed by atoms with Crippen LogP contribution in [-0.2, 0) is 78.2 Å². The van der Waals surface area contributed by atoms with Crippen molar-refractivity contribution < 1.29 is 82.0 Å². The first kappa shape index (κ1) is 74.2. The SMILES string of the molecule is C[C@@H](O)[C@H](NC(=O)[C@@H]1CSSC[C@H](NC(=O)CNC(=O)CN)C(=O)N[C@@H](CCCN=C(N)N)C(=O)N[C@@H](Cc2ccccc2)C(=O)NCC(=O)N[C@@H]([C@@H](C)O)C(=O)N1)C(=O)CNCCOCCOCCOCCC(=O)C[C@@H](CC(N)=O)C(=O)CN. The number of nitrogens with one attached hydrogen (secondary N) is 9. The molecule has 0 radical (unpaired) electrons. The molecule has 9 atom stereocenters. The lowest BCUT2D eigenvalue weighted by molar-refractivity contribution is -0.135. The summed E-state index contributed by atoms with van der Waals surface area (Å²) < 4.78 is 16.4. The number of ketones is 3. The van der Waals surface area contributed by atoms with Crippen LogP contribution >= 0.6 is 21.6 Å². The number of hydrogen-bond acceptors (Lipinski definition) is 23. The van der Waals surface area contributed by atoms with Gasteiger partial charge < -0.3 is 101 Å². The van der Waals surface area contributed by atoms with E-state index in [9.17, 15) is 67.7 Å². The number of primary amides is 1. The number of hydrogen-bond donors (Lipinski definition) is 16. The van der Waals surface area contributed by atoms with E-state index in [2.05, 4.69) is 52.8 Å². The van der Waals surface area contributed by atoms with Gasteiger partial charge in [-0.05, 0) is 32.3 Å². The Morgan fingerprint density at radius 3 is 2.00 bits per heavy atom. The fourth-order valence-corrected chi connectivity index (χ4v) is 9.98. The lowest BCUT2D eigenvalue weighted by atomic mass is 9.93. The number of aliphatic hydroxyl groups is 2. The van der Waals surface area contributed by atoms with Crippen LogP contribution in [0.25, 0.3) is 0 Å². The van der Waals surface area contributed by atoms with Crippen molar-refractivity contribution >= 4 is 98.1 Å². The molecule has 0 spiro atoms. The second-order valence-corrected chi connectivity index (χ2v) is 21.8. The van der Waals surface area contributed by atoms with Crippen LogP contribution in [0.3, 0.4) is 0 Å². The lowest BCUT2D eigenvalue weighted by Crippen LogP contribution is -2.61. The maximum atomic E-state index is 14.2. The monoisotopic (exact) mass is 1240 g/mol. The average molecular weight is 1240 g/mol. The Labute approximate surface area is 499 Å². The highest BCUT2D eigenvalue weighted by Crippen LogP contribution is 2.24. The highest BCUT2D eigenvalue weighted by Gasteiger charge is 2.35. The molecule has 1 aromatic rings. The van der Waals surface area contributed by atoms with Crippen molar-refractivity contribution in [3.8, 4) is 0 Å². The number of amides is 9. The van der Waals surface area contributed by atoms with Gasteiger partial charge in [0.25, 0.3) is 0 Å². The van der Waals surface area contributed by atoms with Crippen molar-refractivity contribution in [2.45, 2.75) is 101 Å². The second kappa shape index (κ2) is 42.0. The predicted octanol–water partition coefficient (Wildman–Crippen LogP) is -7.88. The molecule has 1 aliphatic heterocycles. The summed E-state index contributed by atoms with van der Waals surface area (Å²) in [5.41, 5.74) is 27.5. The Morgan fingerprint density at radius 2 is 1.38 bits per heavy atom. The molecule has 32 nitrogen and oxygen atoms in total. The van der Waals surface area contributed by atoms with Gasteiger partial charge in [0.15, 0.2) is 11.7 Å². The number of ether oxygens (including phenoxy) is 3. The van der Waals surface area contributed by atoms with Gasteiger partial charge in [-0.15, -0.1) is 0 Å². The summed E-state index contributed by atoms with van der Waals surface area (Å²) in [5.74, 6) is -11.0. The smallest absolute Gasteiger partial charge is 0.245 e. The molecule has 0 aliphatic carbocycles. The molecular formula is C51H83N15O17S2. The number of aliphatic hydroxyl groups excluding tert-OH is 2. The van der Waals surface area contributed by atoms with Crippen LogP contribution < -0.4 is 76.5 Å². The summed E-state index contributed by atoms with van der Waals surface area (Å²) in [7, 11) is 1.80. The fraction of sp³-hybridized carbons (Fsp3) is 0.627. The Morgan fingerprint density at radius 1 is 0.729 bits per heavy atom. The summed E-state index contributed by atoms with van der Waals surface area (Å²) in [4.78, 5) is 161. The summed E-state index contributed by atoms with van der Waals surface area (Å²) in [5, 5.41) is 44.0. The van der Waals surface area contributed by atoms with E-state index in [0.29, 0.717) is 5.56 Å². The molecule has 21 N–H and O–H groups in total. The normalized spacial score (nSPS) is 19.8. The first-order chi connectivity index (χ1) is 40.4. The lowest BCUT2D eigenvalue weighted by Gasteiger charge is -2.28. The first-order valence-electron chi connectivity index (χ1n) is 27.2. The van der Waals surface area contributed by atoms with Gasteiger partial charge in [-0.25, -0.2) is 0 Å². The molecule has 0 bridgehead atoms. The first-order valence-corrected chi connectivity index (χ1v) is 29.7. The third-order valence-corrected chi connectivity index (χ3v) is 14.6. The van der Waals surface area contributed by atoms with Crippen molar-refractivity contribution in [3.63, 3.8) is 0 Å². The van der Waals surface area contributed by atoms with Crippen LogP contribution in [0.1, 0.15) is 51.5 Å². The van der Waals surface area contributed by atoms with Gasteiger partial charge in [-0.2, -0.15) is 0 Å². The topological polar surface area (TPSA) is 524 Å². The van der Waals surface area contributed by atoms with E-state index in [1.165, 1.54) is 13.8 Å². The Kier molecular flexibility index (Phi) is 36.7. The quantitative estimate of drug-likeness (QED) is 0.0130. The van der Waals surface area contributed by atoms with Crippen molar-refractivity contribution in [2.24, 2.45) is 39.6 Å². The average Bonchev–Trinajstić information content (AvgIpc) is 3.56. The number of benzene rings is 1. The molecule has 2 rings (SSSR count). The number of Topliss-reactive ketones (excluding diaryl/α,β-unsaturated/α-hetero) is 3. The van der Waals surface area contributed by atoms with E-state index in [-0.39, 0.29) is 128 Å². The molecule has 0 unspecified atom stereocenters. The summed E-state index contributed by atoms with van der Waals surface area (Å²) >= 11 is 0. The minimum Gasteiger partial charge on any atom is -0.391 e. The Bertz CT molecular complexity index is 2390. The van der Waals surface area contributed by atoms with E-state index in [0.717, 1.165) is 21.6 Å². The molecule has 476 valence electrons.